The number of carbonyl (C=O) groups is 1. The van der Waals surface area contributed by atoms with Crippen LogP contribution in [0.4, 0.5) is 0 Å². The third-order valence-corrected chi connectivity index (χ3v) is 5.72. The lowest BCUT2D eigenvalue weighted by atomic mass is 10.1. The molecule has 3 aromatic heterocycles. The predicted octanol–water partition coefficient (Wildman–Crippen LogP) is 3.91. The third kappa shape index (κ3) is 4.43. The number of imidazole rings is 1. The number of aliphatic hydroxyl groups is 1. The Morgan fingerprint density at radius 3 is 2.88 bits per heavy atom. The number of hydrogen-bond acceptors (Lipinski definition) is 6. The molecule has 1 atom stereocenters. The first kappa shape index (κ1) is 22.1. The van der Waals surface area contributed by atoms with Crippen LogP contribution in [-0.2, 0) is 4.79 Å². The number of likely N-dealkylation sites (tertiary alicyclic amines) is 1. The van der Waals surface area contributed by atoms with Gasteiger partial charge in [0.25, 0.3) is 11.5 Å². The molecule has 3 N–H and O–H groups in total. The van der Waals surface area contributed by atoms with Crippen molar-refractivity contribution in [2.24, 2.45) is 0 Å². The van der Waals surface area contributed by atoms with Crippen LogP contribution in [0.1, 0.15) is 26.2 Å². The number of nitrogens with one attached hydrogen (secondary N) is 2. The fourth-order valence-electron chi connectivity index (χ4n) is 4.03. The lowest BCUT2D eigenvalue weighted by Crippen LogP contribution is -2.36. The molecule has 4 aromatic rings. The van der Waals surface area contributed by atoms with Crippen molar-refractivity contribution in [2.75, 3.05) is 6.54 Å². The number of aromatic nitrogens is 3. The van der Waals surface area contributed by atoms with Crippen LogP contribution in [0.25, 0.3) is 28.1 Å². The van der Waals surface area contributed by atoms with Gasteiger partial charge >= 0.3 is 0 Å². The zero-order chi connectivity index (χ0) is 23.4. The maximum atomic E-state index is 11.7. The van der Waals surface area contributed by atoms with Gasteiger partial charge in [0, 0.05) is 30.3 Å². The third-order valence-electron chi connectivity index (χ3n) is 5.72. The summed E-state index contributed by atoms with van der Waals surface area (Å²) in [5.41, 5.74) is 2.10. The van der Waals surface area contributed by atoms with Crippen molar-refractivity contribution in [3.8, 4) is 11.5 Å². The molecule has 0 saturated carbocycles. The molecule has 170 valence electrons. The Morgan fingerprint density at radius 1 is 1.33 bits per heavy atom. The number of furan rings is 1. The van der Waals surface area contributed by atoms with Gasteiger partial charge in [-0.25, -0.2) is 9.50 Å². The van der Waals surface area contributed by atoms with Crippen molar-refractivity contribution in [3.05, 3.63) is 70.9 Å². The van der Waals surface area contributed by atoms with Gasteiger partial charge in [-0.15, -0.1) is 0 Å². The summed E-state index contributed by atoms with van der Waals surface area (Å²) in [5.74, 6) is 0.447. The van der Waals surface area contributed by atoms with Crippen molar-refractivity contribution in [3.63, 3.8) is 0 Å². The second-order valence-electron chi connectivity index (χ2n) is 7.73. The van der Waals surface area contributed by atoms with E-state index in [1.54, 1.807) is 21.7 Å². The van der Waals surface area contributed by atoms with E-state index in [0.29, 0.717) is 17.7 Å². The average molecular weight is 447 g/mol. The van der Waals surface area contributed by atoms with E-state index in [2.05, 4.69) is 10.1 Å². The molecule has 1 fully saturated rings. The van der Waals surface area contributed by atoms with Crippen molar-refractivity contribution in [2.45, 2.75) is 32.2 Å². The Morgan fingerprint density at radius 2 is 2.15 bits per heavy atom. The van der Waals surface area contributed by atoms with E-state index in [4.69, 9.17) is 14.9 Å². The topological polar surface area (TPSA) is 128 Å². The average Bonchev–Trinajstić information content (AvgIpc) is 3.57. The SMILES string of the molecule is CC[C@@H]1CCCN1C(=O)/C(C=N)=C/O.O=c1ccc2ncc(-c3cc4ccccc4o3)n2[nH]1. The summed E-state index contributed by atoms with van der Waals surface area (Å²) >= 11 is 0. The standard InChI is InChI=1S/C14H9N3O2.C10H16N2O2/c18-14-6-5-13-15-8-10(17(13)16-14)12-7-9-3-1-2-4-11(9)19-12;1-2-9-4-3-5-12(9)10(14)8(6-11)7-13/h1-8H,(H,16,18);6-7,9,11,13H,2-5H2,1H3/b;8-7+,11-6?/t;9-/m.1/s1. The van der Waals surface area contributed by atoms with Crippen LogP contribution < -0.4 is 5.56 Å². The maximum absolute atomic E-state index is 11.7. The minimum atomic E-state index is -0.230. The Hall–Kier alpha value is -4.14. The second-order valence-corrected chi connectivity index (χ2v) is 7.73. The van der Waals surface area contributed by atoms with Crippen LogP contribution in [-0.4, -0.2) is 49.3 Å². The largest absolute Gasteiger partial charge is 0.515 e. The number of benzene rings is 1. The van der Waals surface area contributed by atoms with E-state index < -0.39 is 0 Å². The van der Waals surface area contributed by atoms with Crippen molar-refractivity contribution in [1.82, 2.24) is 19.5 Å². The van der Waals surface area contributed by atoms with Crippen LogP contribution in [0.5, 0.6) is 0 Å². The zero-order valence-electron chi connectivity index (χ0n) is 18.2. The molecule has 0 bridgehead atoms. The number of nitrogens with zero attached hydrogens (tertiary/aromatic N) is 3. The summed E-state index contributed by atoms with van der Waals surface area (Å²) < 4.78 is 7.40. The van der Waals surface area contributed by atoms with Crippen LogP contribution in [0, 0.1) is 5.41 Å². The molecule has 1 aliphatic rings. The van der Waals surface area contributed by atoms with E-state index in [1.165, 1.54) is 6.07 Å². The lowest BCUT2D eigenvalue weighted by molar-refractivity contribution is -0.127. The van der Waals surface area contributed by atoms with Crippen LogP contribution in [0.3, 0.4) is 0 Å². The first-order valence-corrected chi connectivity index (χ1v) is 10.8. The van der Waals surface area contributed by atoms with Gasteiger partial charge in [-0.05, 0) is 37.5 Å². The lowest BCUT2D eigenvalue weighted by Gasteiger charge is -2.23. The summed E-state index contributed by atoms with van der Waals surface area (Å²) in [7, 11) is 0. The second kappa shape index (κ2) is 9.56. The molecule has 4 heterocycles. The van der Waals surface area contributed by atoms with Gasteiger partial charge in [0.05, 0.1) is 18.0 Å². The Labute approximate surface area is 189 Å². The molecule has 1 saturated heterocycles. The quantitative estimate of drug-likeness (QED) is 0.248. The highest BCUT2D eigenvalue weighted by atomic mass is 16.3. The fraction of sp³-hybridized carbons (Fsp3) is 0.250. The predicted molar refractivity (Wildman–Crippen MR) is 126 cm³/mol. The molecular weight excluding hydrogens is 422 g/mol. The highest BCUT2D eigenvalue weighted by molar-refractivity contribution is 6.11. The highest BCUT2D eigenvalue weighted by Crippen LogP contribution is 2.27. The van der Waals surface area contributed by atoms with Gasteiger partial charge in [-0.1, -0.05) is 25.1 Å². The summed E-state index contributed by atoms with van der Waals surface area (Å²) in [6.07, 6.45) is 6.26. The molecule has 9 heteroatoms. The molecule has 1 aromatic carbocycles. The maximum Gasteiger partial charge on any atom is 0.263 e. The molecule has 0 unspecified atom stereocenters. The number of aliphatic hydroxyl groups excluding tert-OH is 1. The van der Waals surface area contributed by atoms with Gasteiger partial charge in [0.1, 0.15) is 11.3 Å². The number of para-hydroxylation sites is 1. The van der Waals surface area contributed by atoms with E-state index in [0.717, 1.165) is 48.7 Å². The molecule has 0 spiro atoms. The monoisotopic (exact) mass is 447 g/mol. The van der Waals surface area contributed by atoms with Crippen LogP contribution >= 0.6 is 0 Å². The summed E-state index contributed by atoms with van der Waals surface area (Å²) in [6.45, 7) is 2.78. The Balaban J connectivity index is 0.000000166. The molecule has 0 radical (unpaired) electrons. The molecule has 1 aliphatic heterocycles. The molecular formula is C24H25N5O4. The molecule has 33 heavy (non-hydrogen) atoms. The summed E-state index contributed by atoms with van der Waals surface area (Å²) in [4.78, 5) is 29.1. The zero-order valence-corrected chi connectivity index (χ0v) is 18.2. The first-order valence-electron chi connectivity index (χ1n) is 10.8. The van der Waals surface area contributed by atoms with E-state index in [9.17, 15) is 9.59 Å². The van der Waals surface area contributed by atoms with E-state index >= 15 is 0 Å². The van der Waals surface area contributed by atoms with Crippen LogP contribution in [0.2, 0.25) is 0 Å². The van der Waals surface area contributed by atoms with Crippen molar-refractivity contribution < 1.29 is 14.3 Å². The fourth-order valence-corrected chi connectivity index (χ4v) is 4.03. The number of H-pyrrole nitrogens is 1. The van der Waals surface area contributed by atoms with Crippen molar-refractivity contribution >= 4 is 28.7 Å². The minimum absolute atomic E-state index is 0.0605. The number of hydrogen-bond donors (Lipinski definition) is 3. The van der Waals surface area contributed by atoms with E-state index in [-0.39, 0.29) is 23.1 Å². The number of carbonyl (C=O) groups excluding carboxylic acids is 1. The van der Waals surface area contributed by atoms with E-state index in [1.807, 2.05) is 37.3 Å². The number of amides is 1. The number of fused-ring (bicyclic) bond motifs is 2. The highest BCUT2D eigenvalue weighted by Gasteiger charge is 2.28. The Kier molecular flexibility index (Phi) is 6.39. The summed E-state index contributed by atoms with van der Waals surface area (Å²) in [5, 5.41) is 19.5. The molecule has 5 rings (SSSR count). The van der Waals surface area contributed by atoms with Gasteiger partial charge in [0.15, 0.2) is 11.4 Å². The smallest absolute Gasteiger partial charge is 0.263 e. The number of aromatic amines is 1. The van der Waals surface area contributed by atoms with Gasteiger partial charge in [-0.3, -0.25) is 14.7 Å². The molecule has 1 amide bonds. The molecule has 9 nitrogen and oxygen atoms in total. The minimum Gasteiger partial charge on any atom is -0.515 e. The molecule has 0 aliphatic carbocycles. The van der Waals surface area contributed by atoms with Crippen molar-refractivity contribution in [1.29, 1.82) is 5.41 Å². The van der Waals surface area contributed by atoms with Crippen LogP contribution in [0.15, 0.2) is 69.7 Å². The summed E-state index contributed by atoms with van der Waals surface area (Å²) in [6, 6.07) is 13.1. The van der Waals surface area contributed by atoms with Gasteiger partial charge in [-0.2, -0.15) is 0 Å². The van der Waals surface area contributed by atoms with Gasteiger partial charge in [0.2, 0.25) is 0 Å². The van der Waals surface area contributed by atoms with Gasteiger partial charge < -0.3 is 19.8 Å². The Bertz CT molecular complexity index is 1350. The first-order chi connectivity index (χ1) is 16.0. The number of rotatable bonds is 4. The normalized spacial score (nSPS) is 16.1.